The van der Waals surface area contributed by atoms with Gasteiger partial charge in [0.05, 0.1) is 18.2 Å². The van der Waals surface area contributed by atoms with E-state index >= 15 is 0 Å². The van der Waals surface area contributed by atoms with Crippen LogP contribution in [0.1, 0.15) is 24.2 Å². The second kappa shape index (κ2) is 7.01. The van der Waals surface area contributed by atoms with E-state index < -0.39 is 0 Å². The highest BCUT2D eigenvalue weighted by molar-refractivity contribution is 5.99. The van der Waals surface area contributed by atoms with Crippen molar-refractivity contribution >= 4 is 11.6 Å². The van der Waals surface area contributed by atoms with Crippen molar-refractivity contribution in [2.45, 2.75) is 19.9 Å². The molecule has 0 spiro atoms. The summed E-state index contributed by atoms with van der Waals surface area (Å²) in [5.74, 6) is 0.0103. The van der Waals surface area contributed by atoms with Gasteiger partial charge in [-0.1, -0.05) is 12.1 Å². The summed E-state index contributed by atoms with van der Waals surface area (Å²) in [6.45, 7) is 5.31. The number of hydrogen-bond acceptors (Lipinski definition) is 3. The van der Waals surface area contributed by atoms with Gasteiger partial charge in [0.15, 0.2) is 0 Å². The maximum Gasteiger partial charge on any atom is 0.256 e. The first-order valence-electron chi connectivity index (χ1n) is 6.20. The molecular weight excluding hydrogens is 228 g/mol. The second-order valence-electron chi connectivity index (χ2n) is 4.30. The Balaban J connectivity index is 2.89. The lowest BCUT2D eigenvalue weighted by Crippen LogP contribution is -2.38. The maximum atomic E-state index is 12.4. The van der Waals surface area contributed by atoms with E-state index in [9.17, 15) is 4.79 Å². The van der Waals surface area contributed by atoms with Crippen molar-refractivity contribution in [2.75, 3.05) is 32.6 Å². The Morgan fingerprint density at radius 2 is 2.11 bits per heavy atom. The quantitative estimate of drug-likeness (QED) is 0.841. The smallest absolute Gasteiger partial charge is 0.256 e. The fourth-order valence-corrected chi connectivity index (χ4v) is 1.76. The lowest BCUT2D eigenvalue weighted by molar-refractivity contribution is 0.0634. The minimum Gasteiger partial charge on any atom is -0.385 e. The largest absolute Gasteiger partial charge is 0.385 e. The van der Waals surface area contributed by atoms with Gasteiger partial charge in [0, 0.05) is 26.4 Å². The zero-order chi connectivity index (χ0) is 13.5. The van der Waals surface area contributed by atoms with Crippen LogP contribution in [0.4, 0.5) is 5.69 Å². The molecule has 0 bridgehead atoms. The molecule has 100 valence electrons. The summed E-state index contributed by atoms with van der Waals surface area (Å²) >= 11 is 0. The normalized spacial score (nSPS) is 12.0. The molecule has 0 aliphatic heterocycles. The molecule has 1 unspecified atom stereocenters. The number of rotatable bonds is 6. The van der Waals surface area contributed by atoms with Crippen LogP contribution in [0.25, 0.3) is 0 Å². The lowest BCUT2D eigenvalue weighted by atomic mass is 10.1. The molecule has 1 atom stereocenters. The van der Waals surface area contributed by atoms with E-state index in [1.54, 1.807) is 19.1 Å². The highest BCUT2D eigenvalue weighted by Crippen LogP contribution is 2.17. The molecule has 4 nitrogen and oxygen atoms in total. The van der Waals surface area contributed by atoms with Crippen LogP contribution in [0.15, 0.2) is 24.3 Å². The molecular formula is C14H22N2O2. The number of methoxy groups -OCH3 is 1. The number of amides is 1. The SMILES string of the molecule is CCNc1ccccc1C(=O)N(C)C(C)COC. The molecule has 0 aliphatic carbocycles. The number of carbonyl (C=O) groups is 1. The number of hydrogen-bond donors (Lipinski definition) is 1. The number of benzene rings is 1. The van der Waals surface area contributed by atoms with Crippen LogP contribution in [-0.2, 0) is 4.74 Å². The zero-order valence-corrected chi connectivity index (χ0v) is 11.6. The Hall–Kier alpha value is -1.55. The molecule has 4 heteroatoms. The molecule has 0 saturated heterocycles. The van der Waals surface area contributed by atoms with Crippen molar-refractivity contribution < 1.29 is 9.53 Å². The van der Waals surface area contributed by atoms with Gasteiger partial charge in [-0.05, 0) is 26.0 Å². The van der Waals surface area contributed by atoms with Gasteiger partial charge in [-0.15, -0.1) is 0 Å². The van der Waals surface area contributed by atoms with Gasteiger partial charge < -0.3 is 15.0 Å². The van der Waals surface area contributed by atoms with E-state index in [0.29, 0.717) is 12.2 Å². The molecule has 0 heterocycles. The van der Waals surface area contributed by atoms with Crippen LogP contribution in [-0.4, -0.2) is 44.2 Å². The number of ether oxygens (including phenoxy) is 1. The first kappa shape index (κ1) is 14.5. The molecule has 0 radical (unpaired) electrons. The zero-order valence-electron chi connectivity index (χ0n) is 11.6. The Morgan fingerprint density at radius 3 is 2.72 bits per heavy atom. The van der Waals surface area contributed by atoms with Gasteiger partial charge in [0.25, 0.3) is 5.91 Å². The molecule has 1 rings (SSSR count). The molecule has 1 aromatic carbocycles. The summed E-state index contributed by atoms with van der Waals surface area (Å²) in [4.78, 5) is 14.1. The van der Waals surface area contributed by atoms with Gasteiger partial charge in [-0.3, -0.25) is 4.79 Å². The minimum atomic E-state index is 0.0103. The summed E-state index contributed by atoms with van der Waals surface area (Å²) in [7, 11) is 3.44. The molecule has 0 fully saturated rings. The Kier molecular flexibility index (Phi) is 5.65. The second-order valence-corrected chi connectivity index (χ2v) is 4.30. The lowest BCUT2D eigenvalue weighted by Gasteiger charge is -2.25. The standard InChI is InChI=1S/C14H22N2O2/c1-5-15-13-9-7-6-8-12(13)14(17)16(3)11(2)10-18-4/h6-9,11,15H,5,10H2,1-4H3. The molecule has 1 aromatic rings. The van der Waals surface area contributed by atoms with Crippen molar-refractivity contribution in [1.82, 2.24) is 4.90 Å². The topological polar surface area (TPSA) is 41.6 Å². The van der Waals surface area contributed by atoms with Crippen LogP contribution in [0.2, 0.25) is 0 Å². The molecule has 0 saturated carbocycles. The molecule has 1 amide bonds. The fraction of sp³-hybridized carbons (Fsp3) is 0.500. The summed E-state index contributed by atoms with van der Waals surface area (Å²) in [5, 5.41) is 3.20. The van der Waals surface area contributed by atoms with Crippen molar-refractivity contribution in [3.05, 3.63) is 29.8 Å². The average molecular weight is 250 g/mol. The van der Waals surface area contributed by atoms with Gasteiger partial charge in [-0.25, -0.2) is 0 Å². The van der Waals surface area contributed by atoms with Crippen LogP contribution in [0.5, 0.6) is 0 Å². The van der Waals surface area contributed by atoms with Gasteiger partial charge in [0.2, 0.25) is 0 Å². The van der Waals surface area contributed by atoms with Gasteiger partial charge in [0.1, 0.15) is 0 Å². The Labute approximate surface area is 109 Å². The van der Waals surface area contributed by atoms with E-state index in [-0.39, 0.29) is 11.9 Å². The van der Waals surface area contributed by atoms with Crippen molar-refractivity contribution in [3.63, 3.8) is 0 Å². The third-order valence-corrected chi connectivity index (χ3v) is 2.91. The third kappa shape index (κ3) is 3.47. The van der Waals surface area contributed by atoms with E-state index in [2.05, 4.69) is 5.32 Å². The number of para-hydroxylation sites is 1. The molecule has 18 heavy (non-hydrogen) atoms. The Bertz CT molecular complexity index is 393. The van der Waals surface area contributed by atoms with E-state index in [1.165, 1.54) is 0 Å². The van der Waals surface area contributed by atoms with E-state index in [0.717, 1.165) is 12.2 Å². The number of nitrogens with zero attached hydrogens (tertiary/aromatic N) is 1. The van der Waals surface area contributed by atoms with Crippen LogP contribution >= 0.6 is 0 Å². The number of anilines is 1. The van der Waals surface area contributed by atoms with Crippen LogP contribution < -0.4 is 5.32 Å². The fourth-order valence-electron chi connectivity index (χ4n) is 1.76. The molecule has 0 aromatic heterocycles. The van der Waals surface area contributed by atoms with Crippen LogP contribution in [0, 0.1) is 0 Å². The third-order valence-electron chi connectivity index (χ3n) is 2.91. The van der Waals surface area contributed by atoms with Crippen molar-refractivity contribution in [3.8, 4) is 0 Å². The van der Waals surface area contributed by atoms with Crippen molar-refractivity contribution in [2.24, 2.45) is 0 Å². The first-order chi connectivity index (χ1) is 8.61. The maximum absolute atomic E-state index is 12.4. The molecule has 0 aliphatic rings. The van der Waals surface area contributed by atoms with Gasteiger partial charge >= 0.3 is 0 Å². The summed E-state index contributed by atoms with van der Waals surface area (Å²) in [6, 6.07) is 7.62. The summed E-state index contributed by atoms with van der Waals surface area (Å²) in [6.07, 6.45) is 0. The predicted octanol–water partition coefficient (Wildman–Crippen LogP) is 2.23. The highest BCUT2D eigenvalue weighted by atomic mass is 16.5. The predicted molar refractivity (Wildman–Crippen MR) is 74.0 cm³/mol. The van der Waals surface area contributed by atoms with Crippen LogP contribution in [0.3, 0.4) is 0 Å². The van der Waals surface area contributed by atoms with E-state index in [4.69, 9.17) is 4.74 Å². The molecule has 1 N–H and O–H groups in total. The Morgan fingerprint density at radius 1 is 1.44 bits per heavy atom. The monoisotopic (exact) mass is 250 g/mol. The first-order valence-corrected chi connectivity index (χ1v) is 6.20. The van der Waals surface area contributed by atoms with E-state index in [1.807, 2.05) is 38.1 Å². The summed E-state index contributed by atoms with van der Waals surface area (Å²) in [5.41, 5.74) is 1.58. The van der Waals surface area contributed by atoms with Gasteiger partial charge in [-0.2, -0.15) is 0 Å². The highest BCUT2D eigenvalue weighted by Gasteiger charge is 2.19. The minimum absolute atomic E-state index is 0.0103. The summed E-state index contributed by atoms with van der Waals surface area (Å²) < 4.78 is 5.08. The van der Waals surface area contributed by atoms with Crippen molar-refractivity contribution in [1.29, 1.82) is 0 Å². The number of carbonyl (C=O) groups excluding carboxylic acids is 1. The average Bonchev–Trinajstić information content (AvgIpc) is 2.38. The number of likely N-dealkylation sites (N-methyl/N-ethyl adjacent to an activating group) is 1. The number of nitrogens with one attached hydrogen (secondary N) is 1.